The lowest BCUT2D eigenvalue weighted by Gasteiger charge is -2.43. The first-order valence-corrected chi connectivity index (χ1v) is 9.54. The number of phenolic OH excluding ortho intramolecular Hbond substituents is 1. The summed E-state index contributed by atoms with van der Waals surface area (Å²) in [5, 5.41) is 20.9. The second-order valence-electron chi connectivity index (χ2n) is 8.73. The van der Waals surface area contributed by atoms with Gasteiger partial charge in [0.25, 0.3) is 0 Å². The molecule has 2 aliphatic rings. The van der Waals surface area contributed by atoms with Crippen LogP contribution in [0.4, 0.5) is 0 Å². The van der Waals surface area contributed by atoms with Crippen molar-refractivity contribution in [3.8, 4) is 5.75 Å². The summed E-state index contributed by atoms with van der Waals surface area (Å²) in [4.78, 5) is 12.7. The number of benzene rings is 1. The quantitative estimate of drug-likeness (QED) is 0.618. The van der Waals surface area contributed by atoms with Crippen molar-refractivity contribution in [3.05, 3.63) is 41.5 Å². The number of aliphatic hydroxyl groups is 1. The maximum absolute atomic E-state index is 12.7. The number of phenols is 1. The molecule has 2 aliphatic carbocycles. The number of carbonyl (C=O) groups is 1. The van der Waals surface area contributed by atoms with Crippen LogP contribution in [0.5, 0.6) is 5.75 Å². The fourth-order valence-electron chi connectivity index (χ4n) is 4.89. The summed E-state index contributed by atoms with van der Waals surface area (Å²) < 4.78 is 5.97. The first-order chi connectivity index (χ1) is 12.2. The third-order valence-corrected chi connectivity index (χ3v) is 6.56. The summed E-state index contributed by atoms with van der Waals surface area (Å²) in [5.74, 6) is -0.273. The maximum atomic E-state index is 12.7. The summed E-state index contributed by atoms with van der Waals surface area (Å²) >= 11 is 0. The number of fused-ring (bicyclic) bond motifs is 1. The Morgan fingerprint density at radius 3 is 2.50 bits per heavy atom. The standard InChI is InChI=1S/C22H30O4/c1-14(2)22(25)12-11-21(4)10-9-15(3)13-18(19(21)22)26-20(24)16-5-7-17(23)8-6-16/h5-9,14,18-19,23,25H,10-13H2,1-4H3/t18?,19?,21-,22-/m0/s1. The van der Waals surface area contributed by atoms with Crippen LogP contribution >= 0.6 is 0 Å². The van der Waals surface area contributed by atoms with Crippen LogP contribution in [0.1, 0.15) is 63.7 Å². The summed E-state index contributed by atoms with van der Waals surface area (Å²) in [6, 6.07) is 6.11. The predicted octanol–water partition coefficient (Wildman–Crippen LogP) is 4.46. The molecule has 142 valence electrons. The summed E-state index contributed by atoms with van der Waals surface area (Å²) in [6.45, 7) is 8.39. The highest BCUT2D eigenvalue weighted by molar-refractivity contribution is 5.89. The third-order valence-electron chi connectivity index (χ3n) is 6.56. The van der Waals surface area contributed by atoms with Crippen LogP contribution in [0.15, 0.2) is 35.9 Å². The fraction of sp³-hybridized carbons (Fsp3) is 0.591. The fourth-order valence-corrected chi connectivity index (χ4v) is 4.89. The van der Waals surface area contributed by atoms with Crippen molar-refractivity contribution in [2.75, 3.05) is 0 Å². The third kappa shape index (κ3) is 3.27. The Kier molecular flexibility index (Phi) is 4.91. The number of hydrogen-bond donors (Lipinski definition) is 2. The van der Waals surface area contributed by atoms with Crippen molar-refractivity contribution in [2.24, 2.45) is 17.3 Å². The Bertz CT molecular complexity index is 705. The van der Waals surface area contributed by atoms with Crippen molar-refractivity contribution < 1.29 is 19.7 Å². The van der Waals surface area contributed by atoms with Gasteiger partial charge in [-0.3, -0.25) is 0 Å². The molecule has 2 unspecified atom stereocenters. The maximum Gasteiger partial charge on any atom is 0.338 e. The predicted molar refractivity (Wildman–Crippen MR) is 101 cm³/mol. The van der Waals surface area contributed by atoms with Gasteiger partial charge in [0.1, 0.15) is 11.9 Å². The molecule has 2 N–H and O–H groups in total. The van der Waals surface area contributed by atoms with Gasteiger partial charge >= 0.3 is 5.97 Å². The lowest BCUT2D eigenvalue weighted by Crippen LogP contribution is -2.50. The SMILES string of the molecule is CC1=CC[C@@]2(C)CC[C@](O)(C(C)C)C2C(OC(=O)c2ccc(O)cc2)C1. The highest BCUT2D eigenvalue weighted by Crippen LogP contribution is 2.58. The van der Waals surface area contributed by atoms with E-state index in [4.69, 9.17) is 4.74 Å². The van der Waals surface area contributed by atoms with Crippen molar-refractivity contribution in [2.45, 2.75) is 65.1 Å². The van der Waals surface area contributed by atoms with Gasteiger partial charge in [-0.1, -0.05) is 32.4 Å². The topological polar surface area (TPSA) is 66.8 Å². The van der Waals surface area contributed by atoms with E-state index in [1.54, 1.807) is 12.1 Å². The zero-order valence-electron chi connectivity index (χ0n) is 16.2. The zero-order chi connectivity index (χ0) is 19.1. The number of carbonyl (C=O) groups excluding carboxylic acids is 1. The molecule has 4 nitrogen and oxygen atoms in total. The van der Waals surface area contributed by atoms with E-state index in [9.17, 15) is 15.0 Å². The van der Waals surface area contributed by atoms with Crippen LogP contribution in [0.25, 0.3) is 0 Å². The van der Waals surface area contributed by atoms with E-state index in [0.29, 0.717) is 12.0 Å². The molecule has 0 aliphatic heterocycles. The molecule has 4 atom stereocenters. The molecule has 0 heterocycles. The summed E-state index contributed by atoms with van der Waals surface area (Å²) in [7, 11) is 0. The molecule has 3 rings (SSSR count). The minimum atomic E-state index is -0.826. The normalized spacial score (nSPS) is 34.2. The van der Waals surface area contributed by atoms with Gasteiger partial charge in [-0.15, -0.1) is 0 Å². The molecular weight excluding hydrogens is 328 g/mol. The van der Waals surface area contributed by atoms with E-state index in [2.05, 4.69) is 33.8 Å². The van der Waals surface area contributed by atoms with Crippen molar-refractivity contribution >= 4 is 5.97 Å². The van der Waals surface area contributed by atoms with Crippen molar-refractivity contribution in [1.82, 2.24) is 0 Å². The van der Waals surface area contributed by atoms with Gasteiger partial charge in [0.2, 0.25) is 0 Å². The van der Waals surface area contributed by atoms with E-state index < -0.39 is 11.6 Å². The molecule has 4 heteroatoms. The first kappa shape index (κ1) is 19.0. The minimum absolute atomic E-state index is 0.0727. The molecule has 1 saturated carbocycles. The molecule has 0 spiro atoms. The smallest absolute Gasteiger partial charge is 0.338 e. The van der Waals surface area contributed by atoms with Crippen LogP contribution in [0.3, 0.4) is 0 Å². The number of hydrogen-bond acceptors (Lipinski definition) is 4. The minimum Gasteiger partial charge on any atom is -0.508 e. The second kappa shape index (κ2) is 6.73. The molecule has 1 fully saturated rings. The van der Waals surface area contributed by atoms with Crippen LogP contribution in [-0.2, 0) is 4.74 Å². The first-order valence-electron chi connectivity index (χ1n) is 9.54. The Labute approximate surface area is 155 Å². The number of ether oxygens (including phenoxy) is 1. The van der Waals surface area contributed by atoms with Gasteiger partial charge in [-0.25, -0.2) is 4.79 Å². The van der Waals surface area contributed by atoms with E-state index >= 15 is 0 Å². The molecule has 0 saturated heterocycles. The van der Waals surface area contributed by atoms with Gasteiger partial charge in [0.15, 0.2) is 0 Å². The highest BCUT2D eigenvalue weighted by Gasteiger charge is 2.59. The summed E-state index contributed by atoms with van der Waals surface area (Å²) in [6.07, 6.45) is 5.13. The van der Waals surface area contributed by atoms with Crippen molar-refractivity contribution in [1.29, 1.82) is 0 Å². The van der Waals surface area contributed by atoms with E-state index in [0.717, 1.165) is 19.3 Å². The second-order valence-corrected chi connectivity index (χ2v) is 8.73. The van der Waals surface area contributed by atoms with Gasteiger partial charge in [0.05, 0.1) is 11.2 Å². The largest absolute Gasteiger partial charge is 0.508 e. The van der Waals surface area contributed by atoms with Gasteiger partial charge in [-0.05, 0) is 61.8 Å². The molecule has 1 aromatic rings. The molecule has 26 heavy (non-hydrogen) atoms. The lowest BCUT2D eigenvalue weighted by molar-refractivity contribution is -0.112. The van der Waals surface area contributed by atoms with Gasteiger partial charge in [-0.2, -0.15) is 0 Å². The Balaban J connectivity index is 1.92. The summed E-state index contributed by atoms with van der Waals surface area (Å²) in [5.41, 5.74) is 0.723. The van der Waals surface area contributed by atoms with Gasteiger partial charge < -0.3 is 14.9 Å². The van der Waals surface area contributed by atoms with Crippen molar-refractivity contribution in [3.63, 3.8) is 0 Å². The Hall–Kier alpha value is -1.81. The van der Waals surface area contributed by atoms with Crippen LogP contribution in [-0.4, -0.2) is 27.9 Å². The van der Waals surface area contributed by atoms with Crippen LogP contribution in [0, 0.1) is 17.3 Å². The average Bonchev–Trinajstić information content (AvgIpc) is 2.78. The molecule has 0 aromatic heterocycles. The molecule has 0 radical (unpaired) electrons. The number of rotatable bonds is 3. The van der Waals surface area contributed by atoms with E-state index in [1.807, 2.05) is 0 Å². The van der Waals surface area contributed by atoms with Gasteiger partial charge in [0, 0.05) is 12.3 Å². The van der Waals surface area contributed by atoms with E-state index in [-0.39, 0.29) is 29.1 Å². The van der Waals surface area contributed by atoms with Crippen LogP contribution in [0.2, 0.25) is 0 Å². The highest BCUT2D eigenvalue weighted by atomic mass is 16.5. The zero-order valence-corrected chi connectivity index (χ0v) is 16.2. The molecule has 0 amide bonds. The average molecular weight is 358 g/mol. The number of esters is 1. The molecule has 0 bridgehead atoms. The molecule has 1 aromatic carbocycles. The lowest BCUT2D eigenvalue weighted by atomic mass is 9.67. The Morgan fingerprint density at radius 1 is 1.23 bits per heavy atom. The monoisotopic (exact) mass is 358 g/mol. The van der Waals surface area contributed by atoms with E-state index in [1.165, 1.54) is 17.7 Å². The van der Waals surface area contributed by atoms with Crippen LogP contribution < -0.4 is 0 Å². The number of allylic oxidation sites excluding steroid dienone is 1. The Morgan fingerprint density at radius 2 is 1.88 bits per heavy atom. The molecular formula is C22H30O4. The number of aromatic hydroxyl groups is 1.